The van der Waals surface area contributed by atoms with E-state index in [1.54, 1.807) is 26.0 Å². The Morgan fingerprint density at radius 1 is 1.28 bits per heavy atom. The number of aryl methyl sites for hydroxylation is 2. The molecule has 96 valence electrons. The largest absolute Gasteiger partial charge is 0.550 e. The van der Waals surface area contributed by atoms with E-state index in [0.717, 1.165) is 11.4 Å². The number of hydrogen-bond donors (Lipinski definition) is 0. The summed E-state index contributed by atoms with van der Waals surface area (Å²) in [6, 6.07) is 1.80. The molecule has 1 aromatic heterocycles. The first kappa shape index (κ1) is 12.5. The zero-order valence-electron chi connectivity index (χ0n) is 10.4. The molecular formula is C13H15N2O3-. The summed E-state index contributed by atoms with van der Waals surface area (Å²) in [5.74, 6) is -2.78. The van der Waals surface area contributed by atoms with Crippen LogP contribution in [0.15, 0.2) is 18.2 Å². The van der Waals surface area contributed by atoms with Gasteiger partial charge in [-0.15, -0.1) is 0 Å². The van der Waals surface area contributed by atoms with Crippen LogP contribution in [0.1, 0.15) is 29.0 Å². The molecule has 18 heavy (non-hydrogen) atoms. The minimum absolute atomic E-state index is 0.265. The van der Waals surface area contributed by atoms with Gasteiger partial charge in [0, 0.05) is 17.6 Å². The first-order chi connectivity index (χ1) is 8.50. The summed E-state index contributed by atoms with van der Waals surface area (Å²) in [6.07, 6.45) is 4.40. The van der Waals surface area contributed by atoms with Crippen molar-refractivity contribution in [1.82, 2.24) is 9.78 Å². The molecule has 0 aliphatic heterocycles. The van der Waals surface area contributed by atoms with Gasteiger partial charge in [0.15, 0.2) is 0 Å². The van der Waals surface area contributed by atoms with Gasteiger partial charge in [-0.25, -0.2) is 4.68 Å². The first-order valence-electron chi connectivity index (χ1n) is 5.94. The van der Waals surface area contributed by atoms with E-state index >= 15 is 0 Å². The average molecular weight is 247 g/mol. The average Bonchev–Trinajstić information content (AvgIpc) is 2.67. The van der Waals surface area contributed by atoms with E-state index in [1.807, 2.05) is 6.08 Å². The normalized spacial score (nSPS) is 23.0. The molecule has 5 nitrogen and oxygen atoms in total. The maximum atomic E-state index is 12.3. The number of aromatic nitrogens is 2. The van der Waals surface area contributed by atoms with Crippen LogP contribution in [-0.4, -0.2) is 21.7 Å². The monoisotopic (exact) mass is 247 g/mol. The number of rotatable bonds is 2. The Kier molecular flexibility index (Phi) is 3.32. The van der Waals surface area contributed by atoms with Gasteiger partial charge in [-0.3, -0.25) is 4.79 Å². The number of carbonyl (C=O) groups is 2. The predicted octanol–water partition coefficient (Wildman–Crippen LogP) is 0.472. The van der Waals surface area contributed by atoms with E-state index < -0.39 is 17.8 Å². The second-order valence-electron chi connectivity index (χ2n) is 4.65. The van der Waals surface area contributed by atoms with Crippen molar-refractivity contribution in [2.45, 2.75) is 26.7 Å². The first-order valence-corrected chi connectivity index (χ1v) is 5.94. The van der Waals surface area contributed by atoms with E-state index in [-0.39, 0.29) is 5.91 Å². The smallest absolute Gasteiger partial charge is 0.251 e. The van der Waals surface area contributed by atoms with Gasteiger partial charge < -0.3 is 9.90 Å². The standard InChI is InChI=1S/C13H16N2O3/c1-8-7-9(2)15(14-8)12(16)10-5-3-4-6-11(10)13(17)18/h3-4,7,10-11H,5-6H2,1-2H3,(H,17,18)/p-1/t10-,11-/m1/s1. The van der Waals surface area contributed by atoms with Crippen molar-refractivity contribution in [3.05, 3.63) is 29.6 Å². The summed E-state index contributed by atoms with van der Waals surface area (Å²) in [4.78, 5) is 23.4. The van der Waals surface area contributed by atoms with Crippen molar-refractivity contribution in [1.29, 1.82) is 0 Å². The molecular weight excluding hydrogens is 232 g/mol. The van der Waals surface area contributed by atoms with Gasteiger partial charge in [-0.05, 0) is 32.8 Å². The lowest BCUT2D eigenvalue weighted by Crippen LogP contribution is -2.41. The van der Waals surface area contributed by atoms with Crippen LogP contribution in [0.3, 0.4) is 0 Å². The Bertz CT molecular complexity index is 516. The van der Waals surface area contributed by atoms with E-state index in [1.165, 1.54) is 4.68 Å². The highest BCUT2D eigenvalue weighted by molar-refractivity contribution is 5.86. The predicted molar refractivity (Wildman–Crippen MR) is 62.7 cm³/mol. The van der Waals surface area contributed by atoms with Gasteiger partial charge in [0.1, 0.15) is 0 Å². The summed E-state index contributed by atoms with van der Waals surface area (Å²) in [5, 5.41) is 15.2. The highest BCUT2D eigenvalue weighted by Crippen LogP contribution is 2.27. The molecule has 0 aromatic carbocycles. The zero-order valence-corrected chi connectivity index (χ0v) is 10.4. The molecule has 0 fully saturated rings. The molecule has 0 saturated carbocycles. The fourth-order valence-electron chi connectivity index (χ4n) is 2.36. The molecule has 0 unspecified atom stereocenters. The minimum atomic E-state index is -1.17. The number of carboxylic acid groups (broad SMARTS) is 1. The minimum Gasteiger partial charge on any atom is -0.550 e. The summed E-state index contributed by atoms with van der Waals surface area (Å²) in [6.45, 7) is 3.58. The molecule has 1 aliphatic carbocycles. The Labute approximate surface area is 105 Å². The quantitative estimate of drug-likeness (QED) is 0.712. The third-order valence-electron chi connectivity index (χ3n) is 3.27. The molecule has 1 heterocycles. The molecule has 1 aliphatic rings. The third-order valence-corrected chi connectivity index (χ3v) is 3.27. The Morgan fingerprint density at radius 2 is 1.89 bits per heavy atom. The summed E-state index contributed by atoms with van der Waals surface area (Å²) in [5.41, 5.74) is 1.47. The van der Waals surface area contributed by atoms with Gasteiger partial charge in [0.2, 0.25) is 0 Å². The van der Waals surface area contributed by atoms with E-state index in [0.29, 0.717) is 12.8 Å². The Balaban J connectivity index is 2.30. The highest BCUT2D eigenvalue weighted by atomic mass is 16.4. The molecule has 2 atom stereocenters. The number of nitrogens with zero attached hydrogens (tertiary/aromatic N) is 2. The van der Waals surface area contributed by atoms with Crippen LogP contribution in [-0.2, 0) is 4.79 Å². The lowest BCUT2D eigenvalue weighted by molar-refractivity contribution is -0.312. The Morgan fingerprint density at radius 3 is 2.39 bits per heavy atom. The molecule has 0 spiro atoms. The van der Waals surface area contributed by atoms with Crippen molar-refractivity contribution in [3.8, 4) is 0 Å². The molecule has 5 heteroatoms. The van der Waals surface area contributed by atoms with Crippen LogP contribution >= 0.6 is 0 Å². The van der Waals surface area contributed by atoms with Gasteiger partial charge in [-0.2, -0.15) is 5.10 Å². The van der Waals surface area contributed by atoms with Crippen molar-refractivity contribution < 1.29 is 14.7 Å². The van der Waals surface area contributed by atoms with Gasteiger partial charge >= 0.3 is 0 Å². The third kappa shape index (κ3) is 2.20. The molecule has 0 bridgehead atoms. The van der Waals surface area contributed by atoms with E-state index in [2.05, 4.69) is 5.10 Å². The zero-order chi connectivity index (χ0) is 13.3. The molecule has 1 aromatic rings. The van der Waals surface area contributed by atoms with Crippen LogP contribution < -0.4 is 5.11 Å². The lowest BCUT2D eigenvalue weighted by Gasteiger charge is -2.27. The van der Waals surface area contributed by atoms with Crippen LogP contribution in [0.4, 0.5) is 0 Å². The molecule has 0 N–H and O–H groups in total. The molecule has 0 radical (unpaired) electrons. The second kappa shape index (κ2) is 4.76. The van der Waals surface area contributed by atoms with E-state index in [9.17, 15) is 14.7 Å². The lowest BCUT2D eigenvalue weighted by atomic mass is 9.82. The van der Waals surface area contributed by atoms with Crippen molar-refractivity contribution in [2.75, 3.05) is 0 Å². The Hall–Kier alpha value is -1.91. The van der Waals surface area contributed by atoms with Gasteiger partial charge in [-0.1, -0.05) is 12.2 Å². The number of carboxylic acids is 1. The second-order valence-corrected chi connectivity index (χ2v) is 4.65. The van der Waals surface area contributed by atoms with Crippen LogP contribution in [0, 0.1) is 25.7 Å². The van der Waals surface area contributed by atoms with Crippen LogP contribution in [0.25, 0.3) is 0 Å². The van der Waals surface area contributed by atoms with Crippen molar-refractivity contribution in [2.24, 2.45) is 11.8 Å². The molecule has 0 amide bonds. The topological polar surface area (TPSA) is 75.0 Å². The van der Waals surface area contributed by atoms with E-state index in [4.69, 9.17) is 0 Å². The summed E-state index contributed by atoms with van der Waals surface area (Å²) >= 11 is 0. The summed E-state index contributed by atoms with van der Waals surface area (Å²) in [7, 11) is 0. The fraction of sp³-hybridized carbons (Fsp3) is 0.462. The molecule has 0 saturated heterocycles. The van der Waals surface area contributed by atoms with Crippen LogP contribution in [0.2, 0.25) is 0 Å². The number of aliphatic carboxylic acids is 1. The maximum Gasteiger partial charge on any atom is 0.251 e. The van der Waals surface area contributed by atoms with Crippen molar-refractivity contribution in [3.63, 3.8) is 0 Å². The number of allylic oxidation sites excluding steroid dienone is 2. The maximum absolute atomic E-state index is 12.3. The number of carbonyl (C=O) groups excluding carboxylic acids is 2. The molecule has 2 rings (SSSR count). The van der Waals surface area contributed by atoms with Gasteiger partial charge in [0.25, 0.3) is 5.91 Å². The van der Waals surface area contributed by atoms with Crippen molar-refractivity contribution >= 4 is 11.9 Å². The van der Waals surface area contributed by atoms with Gasteiger partial charge in [0.05, 0.1) is 11.6 Å². The summed E-state index contributed by atoms with van der Waals surface area (Å²) < 4.78 is 1.30. The fourth-order valence-corrected chi connectivity index (χ4v) is 2.36. The highest BCUT2D eigenvalue weighted by Gasteiger charge is 2.31. The number of hydrogen-bond acceptors (Lipinski definition) is 4. The van der Waals surface area contributed by atoms with Crippen LogP contribution in [0.5, 0.6) is 0 Å². The SMILES string of the molecule is Cc1cc(C)n(C(=O)[C@@H]2CC=CC[C@H]2C(=O)[O-])n1.